The van der Waals surface area contributed by atoms with E-state index in [1.54, 1.807) is 7.05 Å². The molecule has 1 aliphatic heterocycles. The normalized spacial score (nSPS) is 19.7. The third-order valence-electron chi connectivity index (χ3n) is 5.05. The fourth-order valence-electron chi connectivity index (χ4n) is 3.60. The van der Waals surface area contributed by atoms with Crippen LogP contribution in [0.3, 0.4) is 0 Å². The van der Waals surface area contributed by atoms with Crippen molar-refractivity contribution in [2.45, 2.75) is 50.9 Å². The van der Waals surface area contributed by atoms with Crippen molar-refractivity contribution in [2.75, 3.05) is 6.54 Å². The molecule has 1 unspecified atom stereocenters. The molecule has 10 heteroatoms. The largest absolute Gasteiger partial charge is 0.370 e. The van der Waals surface area contributed by atoms with Crippen molar-refractivity contribution in [2.24, 2.45) is 7.05 Å². The molecule has 4 rings (SSSR count). The summed E-state index contributed by atoms with van der Waals surface area (Å²) in [7, 11) is 1.70. The highest BCUT2D eigenvalue weighted by molar-refractivity contribution is 5.94. The smallest absolute Gasteiger partial charge is 0.291 e. The van der Waals surface area contributed by atoms with Crippen molar-refractivity contribution in [3.8, 4) is 0 Å². The summed E-state index contributed by atoms with van der Waals surface area (Å²) in [6, 6.07) is 0.241. The van der Waals surface area contributed by atoms with Gasteiger partial charge in [-0.25, -0.2) is 4.98 Å². The Hall–Kier alpha value is -2.75. The Morgan fingerprint density at radius 2 is 2.15 bits per heavy atom. The van der Waals surface area contributed by atoms with Crippen LogP contribution in [0.15, 0.2) is 6.33 Å². The number of H-pyrrole nitrogens is 1. The van der Waals surface area contributed by atoms with E-state index in [0.717, 1.165) is 36.9 Å². The fourth-order valence-corrected chi connectivity index (χ4v) is 3.60. The van der Waals surface area contributed by atoms with Crippen LogP contribution in [0, 0.1) is 0 Å². The minimum Gasteiger partial charge on any atom is -0.370 e. The van der Waals surface area contributed by atoms with Crippen LogP contribution >= 0.6 is 0 Å². The number of fused-ring (bicyclic) bond motifs is 1. The Labute approximate surface area is 156 Å². The van der Waals surface area contributed by atoms with Gasteiger partial charge in [0.25, 0.3) is 11.8 Å². The molecule has 144 valence electrons. The number of carbonyl (C=O) groups is 2. The van der Waals surface area contributed by atoms with Crippen LogP contribution in [0.2, 0.25) is 0 Å². The molecular formula is C17H23N7O3. The van der Waals surface area contributed by atoms with Gasteiger partial charge >= 0.3 is 0 Å². The number of hydrogen-bond donors (Lipinski definition) is 3. The lowest BCUT2D eigenvalue weighted by Crippen LogP contribution is -2.38. The zero-order valence-corrected chi connectivity index (χ0v) is 15.2. The summed E-state index contributed by atoms with van der Waals surface area (Å²) < 4.78 is 7.23. The quantitative estimate of drug-likeness (QED) is 0.681. The molecule has 27 heavy (non-hydrogen) atoms. The number of carbonyl (C=O) groups excluding carboxylic acids is 2. The second-order valence-corrected chi connectivity index (χ2v) is 7.07. The third-order valence-corrected chi connectivity index (χ3v) is 5.05. The summed E-state index contributed by atoms with van der Waals surface area (Å²) in [6.45, 7) is 0.646. The zero-order valence-electron chi connectivity index (χ0n) is 15.2. The number of hydrogen-bond acceptors (Lipinski definition) is 6. The maximum absolute atomic E-state index is 12.6. The van der Waals surface area contributed by atoms with E-state index in [1.165, 1.54) is 11.0 Å². The van der Waals surface area contributed by atoms with E-state index in [1.807, 2.05) is 0 Å². The number of rotatable bonds is 5. The lowest BCUT2D eigenvalue weighted by molar-refractivity contribution is 0.0265. The third kappa shape index (κ3) is 3.85. The van der Waals surface area contributed by atoms with Crippen molar-refractivity contribution in [1.29, 1.82) is 0 Å². The van der Waals surface area contributed by atoms with Gasteiger partial charge in [0, 0.05) is 31.6 Å². The minimum atomic E-state index is -0.351. The second-order valence-electron chi connectivity index (χ2n) is 7.07. The van der Waals surface area contributed by atoms with Gasteiger partial charge < -0.3 is 15.4 Å². The SMILES string of the molecule is Cn1cnc(C(=O)NCC2Cc3c(C(=O)NC4CCCC4)n[nH]c3CO2)n1. The second kappa shape index (κ2) is 7.47. The van der Waals surface area contributed by atoms with Crippen LogP contribution in [0.4, 0.5) is 0 Å². The van der Waals surface area contributed by atoms with E-state index in [2.05, 4.69) is 30.9 Å². The molecule has 2 amide bonds. The average molecular weight is 373 g/mol. The average Bonchev–Trinajstić information content (AvgIpc) is 3.40. The Balaban J connectivity index is 1.36. The first kappa shape index (κ1) is 17.7. The number of amides is 2. The first-order chi connectivity index (χ1) is 13.1. The van der Waals surface area contributed by atoms with Gasteiger partial charge in [-0.05, 0) is 12.8 Å². The molecule has 1 saturated carbocycles. The van der Waals surface area contributed by atoms with Gasteiger partial charge in [-0.2, -0.15) is 5.10 Å². The molecule has 10 nitrogen and oxygen atoms in total. The first-order valence-electron chi connectivity index (χ1n) is 9.22. The van der Waals surface area contributed by atoms with Gasteiger partial charge in [-0.15, -0.1) is 5.10 Å². The number of aryl methyl sites for hydroxylation is 1. The van der Waals surface area contributed by atoms with Gasteiger partial charge in [-0.3, -0.25) is 19.4 Å². The lowest BCUT2D eigenvalue weighted by atomic mass is 10.0. The predicted molar refractivity (Wildman–Crippen MR) is 93.9 cm³/mol. The summed E-state index contributed by atoms with van der Waals surface area (Å²) in [5, 5.41) is 16.9. The predicted octanol–water partition coefficient (Wildman–Crippen LogP) is 0.0819. The van der Waals surface area contributed by atoms with Gasteiger partial charge in [0.1, 0.15) is 6.33 Å². The number of aromatic amines is 1. The molecule has 2 aromatic rings. The van der Waals surface area contributed by atoms with E-state index in [-0.39, 0.29) is 29.8 Å². The maximum Gasteiger partial charge on any atom is 0.291 e. The number of ether oxygens (including phenoxy) is 1. The minimum absolute atomic E-state index is 0.119. The van der Waals surface area contributed by atoms with E-state index in [9.17, 15) is 9.59 Å². The van der Waals surface area contributed by atoms with E-state index >= 15 is 0 Å². The van der Waals surface area contributed by atoms with Crippen LogP contribution in [-0.2, 0) is 24.8 Å². The molecule has 2 aliphatic rings. The van der Waals surface area contributed by atoms with Gasteiger partial charge in [-0.1, -0.05) is 12.8 Å². The Morgan fingerprint density at radius 1 is 1.33 bits per heavy atom. The number of nitrogens with one attached hydrogen (secondary N) is 3. The molecule has 1 atom stereocenters. The van der Waals surface area contributed by atoms with Crippen molar-refractivity contribution in [3.63, 3.8) is 0 Å². The van der Waals surface area contributed by atoms with Crippen LogP contribution in [0.25, 0.3) is 0 Å². The van der Waals surface area contributed by atoms with Crippen LogP contribution in [0.5, 0.6) is 0 Å². The van der Waals surface area contributed by atoms with Gasteiger partial charge in [0.15, 0.2) is 5.69 Å². The molecule has 0 spiro atoms. The van der Waals surface area contributed by atoms with Gasteiger partial charge in [0.2, 0.25) is 5.82 Å². The molecule has 1 aliphatic carbocycles. The van der Waals surface area contributed by atoms with Crippen LogP contribution < -0.4 is 10.6 Å². The highest BCUT2D eigenvalue weighted by Gasteiger charge is 2.29. The highest BCUT2D eigenvalue weighted by Crippen LogP contribution is 2.23. The molecule has 3 N–H and O–H groups in total. The summed E-state index contributed by atoms with van der Waals surface area (Å²) >= 11 is 0. The van der Waals surface area contributed by atoms with Crippen molar-refractivity contribution in [3.05, 3.63) is 29.1 Å². The standard InChI is InChI=1S/C17H23N7O3/c1-24-9-19-15(23-24)17(26)18-7-11-6-12-13(8-27-11)21-22-14(12)16(25)20-10-4-2-3-5-10/h9-11H,2-8H2,1H3,(H,18,26)(H,20,25)(H,21,22). The Morgan fingerprint density at radius 3 is 2.89 bits per heavy atom. The van der Waals surface area contributed by atoms with E-state index in [0.29, 0.717) is 25.3 Å². The van der Waals surface area contributed by atoms with Crippen LogP contribution in [0.1, 0.15) is 58.0 Å². The number of nitrogens with zero attached hydrogens (tertiary/aromatic N) is 4. The van der Waals surface area contributed by atoms with Crippen molar-refractivity contribution < 1.29 is 14.3 Å². The maximum atomic E-state index is 12.6. The highest BCUT2D eigenvalue weighted by atomic mass is 16.5. The van der Waals surface area contributed by atoms with Crippen LogP contribution in [-0.4, -0.2) is 55.5 Å². The molecule has 0 aromatic carbocycles. The molecule has 0 radical (unpaired) electrons. The number of aromatic nitrogens is 5. The summed E-state index contributed by atoms with van der Waals surface area (Å²) in [5.41, 5.74) is 2.12. The van der Waals surface area contributed by atoms with E-state index in [4.69, 9.17) is 4.74 Å². The molecule has 0 saturated heterocycles. The van der Waals surface area contributed by atoms with Crippen molar-refractivity contribution >= 4 is 11.8 Å². The van der Waals surface area contributed by atoms with Crippen molar-refractivity contribution in [1.82, 2.24) is 35.6 Å². The molecule has 1 fully saturated rings. The Bertz CT molecular complexity index is 837. The molecule has 2 aromatic heterocycles. The Kier molecular flexibility index (Phi) is 4.88. The first-order valence-corrected chi connectivity index (χ1v) is 9.22. The van der Waals surface area contributed by atoms with Gasteiger partial charge in [0.05, 0.1) is 18.4 Å². The topological polar surface area (TPSA) is 127 Å². The molecule has 0 bridgehead atoms. The van der Waals surface area contributed by atoms with E-state index < -0.39 is 0 Å². The lowest BCUT2D eigenvalue weighted by Gasteiger charge is -2.23. The molecular weight excluding hydrogens is 350 g/mol. The summed E-state index contributed by atoms with van der Waals surface area (Å²) in [6.07, 6.45) is 6.11. The fraction of sp³-hybridized carbons (Fsp3) is 0.588. The monoisotopic (exact) mass is 373 g/mol. The molecule has 3 heterocycles. The summed E-state index contributed by atoms with van der Waals surface area (Å²) in [4.78, 5) is 28.6. The summed E-state index contributed by atoms with van der Waals surface area (Å²) in [5.74, 6) is -0.368. The zero-order chi connectivity index (χ0) is 18.8.